The van der Waals surface area contributed by atoms with Crippen LogP contribution in [0.1, 0.15) is 24.8 Å². The van der Waals surface area contributed by atoms with E-state index in [1.54, 1.807) is 0 Å². The van der Waals surface area contributed by atoms with Crippen molar-refractivity contribution in [3.63, 3.8) is 0 Å². The summed E-state index contributed by atoms with van der Waals surface area (Å²) in [5.41, 5.74) is -0.657. The Labute approximate surface area is 177 Å². The molecule has 2 aromatic carbocycles. The number of ether oxygens (including phenoxy) is 1. The van der Waals surface area contributed by atoms with E-state index in [1.165, 1.54) is 18.2 Å². The summed E-state index contributed by atoms with van der Waals surface area (Å²) in [5, 5.41) is 8.78. The van der Waals surface area contributed by atoms with E-state index in [2.05, 4.69) is 4.98 Å². The van der Waals surface area contributed by atoms with Crippen molar-refractivity contribution >= 4 is 20.7 Å². The van der Waals surface area contributed by atoms with Crippen LogP contribution in [-0.4, -0.2) is 26.3 Å². The van der Waals surface area contributed by atoms with E-state index in [-0.39, 0.29) is 45.1 Å². The van der Waals surface area contributed by atoms with Crippen molar-refractivity contribution < 1.29 is 21.9 Å². The quantitative estimate of drug-likeness (QED) is 0.643. The molecule has 0 unspecified atom stereocenters. The number of nitriles is 1. The molecule has 0 amide bonds. The predicted octanol–water partition coefficient (Wildman–Crippen LogP) is 3.93. The summed E-state index contributed by atoms with van der Waals surface area (Å²) >= 11 is 0. The summed E-state index contributed by atoms with van der Waals surface area (Å²) in [5.74, 6) is -2.42. The molecule has 9 heteroatoms. The number of benzene rings is 2. The van der Waals surface area contributed by atoms with E-state index < -0.39 is 32.6 Å². The number of nitrogens with one attached hydrogen (secondary N) is 1. The van der Waals surface area contributed by atoms with Gasteiger partial charge in [-0.25, -0.2) is 17.2 Å². The largest absolute Gasteiger partial charge is 0.487 e. The number of sulfone groups is 1. The van der Waals surface area contributed by atoms with E-state index >= 15 is 0 Å². The van der Waals surface area contributed by atoms with Crippen LogP contribution in [0.3, 0.4) is 0 Å². The lowest BCUT2D eigenvalue weighted by Gasteiger charge is -2.25. The monoisotopic (exact) mass is 444 g/mol. The van der Waals surface area contributed by atoms with Crippen molar-refractivity contribution in [3.8, 4) is 23.1 Å². The number of hydrogen-bond acceptors (Lipinski definition) is 5. The van der Waals surface area contributed by atoms with Crippen LogP contribution in [-0.2, 0) is 9.84 Å². The molecule has 1 saturated carbocycles. The fourth-order valence-corrected chi connectivity index (χ4v) is 4.48. The highest BCUT2D eigenvalue weighted by Gasteiger charge is 2.23. The molecule has 6 nitrogen and oxygen atoms in total. The number of pyridine rings is 1. The number of aromatic amines is 1. The molecule has 1 fully saturated rings. The Kier molecular flexibility index (Phi) is 5.27. The molecular weight excluding hydrogens is 426 g/mol. The maximum atomic E-state index is 15.0. The van der Waals surface area contributed by atoms with E-state index in [0.29, 0.717) is 0 Å². The second kappa shape index (κ2) is 7.78. The van der Waals surface area contributed by atoms with Crippen molar-refractivity contribution in [2.45, 2.75) is 24.2 Å². The normalized spacial score (nSPS) is 14.3. The minimum atomic E-state index is -3.71. The Morgan fingerprint density at radius 2 is 1.97 bits per heavy atom. The number of fused-ring (bicyclic) bond motifs is 1. The Bertz CT molecular complexity index is 1400. The van der Waals surface area contributed by atoms with Gasteiger partial charge in [0.2, 0.25) is 0 Å². The van der Waals surface area contributed by atoms with Crippen LogP contribution >= 0.6 is 0 Å². The minimum Gasteiger partial charge on any atom is -0.487 e. The fraction of sp³-hybridized carbons (Fsp3) is 0.273. The van der Waals surface area contributed by atoms with E-state index in [1.807, 2.05) is 6.07 Å². The molecule has 0 spiro atoms. The Hall–Kier alpha value is -3.25. The van der Waals surface area contributed by atoms with Gasteiger partial charge in [-0.3, -0.25) is 4.79 Å². The molecule has 0 radical (unpaired) electrons. The molecular formula is C22H18F2N2O4S. The second-order valence-electron chi connectivity index (χ2n) is 7.67. The second-order valence-corrected chi connectivity index (χ2v) is 9.66. The lowest BCUT2D eigenvalue weighted by molar-refractivity contribution is 0.170. The molecule has 31 heavy (non-hydrogen) atoms. The maximum absolute atomic E-state index is 15.0. The summed E-state index contributed by atoms with van der Waals surface area (Å²) in [6.07, 6.45) is 3.92. The fourth-order valence-electron chi connectivity index (χ4n) is 3.60. The zero-order valence-electron chi connectivity index (χ0n) is 16.5. The first kappa shape index (κ1) is 21.0. The average molecular weight is 444 g/mol. The Morgan fingerprint density at radius 1 is 1.23 bits per heavy atom. The van der Waals surface area contributed by atoms with Crippen molar-refractivity contribution in [2.24, 2.45) is 5.92 Å². The third-order valence-corrected chi connectivity index (χ3v) is 6.61. The SMILES string of the molecule is CS(=O)(=O)c1ccc(C#N)cc1-c1cc(=O)c2c(F)c(OCC3CCC3)c(F)cc2[nH]1. The molecule has 0 bridgehead atoms. The molecule has 4 rings (SSSR count). The summed E-state index contributed by atoms with van der Waals surface area (Å²) in [7, 11) is -3.71. The van der Waals surface area contributed by atoms with Gasteiger partial charge in [-0.05, 0) is 37.0 Å². The van der Waals surface area contributed by atoms with Gasteiger partial charge < -0.3 is 9.72 Å². The molecule has 0 saturated heterocycles. The highest BCUT2D eigenvalue weighted by molar-refractivity contribution is 7.90. The lowest BCUT2D eigenvalue weighted by Crippen LogP contribution is -2.20. The molecule has 0 aliphatic heterocycles. The van der Waals surface area contributed by atoms with Gasteiger partial charge in [-0.15, -0.1) is 0 Å². The molecule has 1 N–H and O–H groups in total. The van der Waals surface area contributed by atoms with E-state index in [0.717, 1.165) is 37.7 Å². The van der Waals surface area contributed by atoms with Crippen molar-refractivity contribution in [1.82, 2.24) is 4.98 Å². The molecule has 1 aliphatic rings. The minimum absolute atomic E-state index is 0.0250. The first-order valence-corrected chi connectivity index (χ1v) is 11.5. The smallest absolute Gasteiger partial charge is 0.193 e. The number of hydrogen-bond donors (Lipinski definition) is 1. The number of H-pyrrole nitrogens is 1. The van der Waals surface area contributed by atoms with Crippen LogP contribution in [0, 0.1) is 28.9 Å². The topological polar surface area (TPSA) is 100 Å². The van der Waals surface area contributed by atoms with E-state index in [9.17, 15) is 22.0 Å². The number of halogens is 2. The third-order valence-electron chi connectivity index (χ3n) is 5.45. The first-order valence-electron chi connectivity index (χ1n) is 9.61. The zero-order chi connectivity index (χ0) is 22.3. The summed E-state index contributed by atoms with van der Waals surface area (Å²) < 4.78 is 59.2. The average Bonchev–Trinajstić information content (AvgIpc) is 2.67. The van der Waals surface area contributed by atoms with Crippen molar-refractivity contribution in [2.75, 3.05) is 12.9 Å². The lowest BCUT2D eigenvalue weighted by atomic mass is 9.86. The Balaban J connectivity index is 1.88. The first-order chi connectivity index (χ1) is 14.7. The van der Waals surface area contributed by atoms with Gasteiger partial charge in [0, 0.05) is 24.0 Å². The highest BCUT2D eigenvalue weighted by atomic mass is 32.2. The van der Waals surface area contributed by atoms with Gasteiger partial charge >= 0.3 is 0 Å². The van der Waals surface area contributed by atoms with Gasteiger partial charge in [0.05, 0.1) is 39.7 Å². The van der Waals surface area contributed by atoms with Crippen LogP contribution in [0.4, 0.5) is 8.78 Å². The summed E-state index contributed by atoms with van der Waals surface area (Å²) in [4.78, 5) is 15.3. The van der Waals surface area contributed by atoms with Crippen LogP contribution in [0.5, 0.6) is 5.75 Å². The molecule has 3 aromatic rings. The number of nitrogens with zero attached hydrogens (tertiary/aromatic N) is 1. The molecule has 1 heterocycles. The maximum Gasteiger partial charge on any atom is 0.193 e. The number of rotatable bonds is 5. The van der Waals surface area contributed by atoms with Gasteiger partial charge in [-0.1, -0.05) is 6.42 Å². The van der Waals surface area contributed by atoms with Crippen LogP contribution in [0.25, 0.3) is 22.2 Å². The molecule has 1 aliphatic carbocycles. The standard InChI is InChI=1S/C22H18F2N2O4S/c1-31(28,29)19-6-5-13(10-25)7-14(19)16-9-18(27)20-17(26-16)8-15(23)22(21(20)24)30-11-12-3-2-4-12/h5-9,12H,2-4,11H2,1H3,(H,26,27). The Morgan fingerprint density at radius 3 is 2.58 bits per heavy atom. The van der Waals surface area contributed by atoms with E-state index in [4.69, 9.17) is 10.00 Å². The summed E-state index contributed by atoms with van der Waals surface area (Å²) in [6, 6.07) is 7.78. The molecule has 1 aromatic heterocycles. The molecule has 0 atom stereocenters. The zero-order valence-corrected chi connectivity index (χ0v) is 17.4. The molecule has 160 valence electrons. The van der Waals surface area contributed by atoms with Crippen molar-refractivity contribution in [1.29, 1.82) is 5.26 Å². The number of aromatic nitrogens is 1. The van der Waals surface area contributed by atoms with Gasteiger partial charge in [0.25, 0.3) is 0 Å². The van der Waals surface area contributed by atoms with Crippen LogP contribution < -0.4 is 10.2 Å². The van der Waals surface area contributed by atoms with Crippen LogP contribution in [0.15, 0.2) is 40.0 Å². The van der Waals surface area contributed by atoms with Gasteiger partial charge in [-0.2, -0.15) is 5.26 Å². The third kappa shape index (κ3) is 3.91. The van der Waals surface area contributed by atoms with Gasteiger partial charge in [0.15, 0.2) is 32.6 Å². The predicted molar refractivity (Wildman–Crippen MR) is 111 cm³/mol. The van der Waals surface area contributed by atoms with Gasteiger partial charge in [0.1, 0.15) is 0 Å². The summed E-state index contributed by atoms with van der Waals surface area (Å²) in [6.45, 7) is 0.175. The van der Waals surface area contributed by atoms with Crippen molar-refractivity contribution in [3.05, 3.63) is 57.8 Å². The van der Waals surface area contributed by atoms with Crippen LogP contribution in [0.2, 0.25) is 0 Å². The highest BCUT2D eigenvalue weighted by Crippen LogP contribution is 2.33.